The van der Waals surface area contributed by atoms with Crippen LogP contribution < -0.4 is 11.2 Å². The molecule has 0 aliphatic rings. The average molecular weight is 406 g/mol. The van der Waals surface area contributed by atoms with E-state index in [2.05, 4.69) is 9.97 Å². The van der Waals surface area contributed by atoms with Crippen LogP contribution in [-0.4, -0.2) is 23.7 Å². The number of aryl methyl sites for hydroxylation is 1. The maximum atomic E-state index is 12.5. The van der Waals surface area contributed by atoms with Crippen LogP contribution in [0.5, 0.6) is 0 Å². The van der Waals surface area contributed by atoms with Crippen molar-refractivity contribution < 1.29 is 4.42 Å². The zero-order valence-corrected chi connectivity index (χ0v) is 15.8. The second-order valence-corrected chi connectivity index (χ2v) is 6.93. The molecule has 0 aliphatic heterocycles. The Morgan fingerprint density at radius 1 is 1.07 bits per heavy atom. The Hall–Kier alpha value is -2.84. The van der Waals surface area contributed by atoms with Crippen LogP contribution in [0.25, 0.3) is 22.6 Å². The molecule has 10 heteroatoms. The minimum Gasteiger partial charge on any atom is -0.444 e. The predicted molar refractivity (Wildman–Crippen MR) is 101 cm³/mol. The standard InChI is InChI=1S/C17H13Cl2N5O3/c1-22-14-13(16(25)23(2)17(22)26)24(8-20-14)6-12-7-27-15(21-12)9-3-10(18)5-11(19)4-9/h3-5,7-8H,6H2,1-2H3. The van der Waals surface area contributed by atoms with Gasteiger partial charge in [0.1, 0.15) is 6.26 Å². The number of halogens is 2. The van der Waals surface area contributed by atoms with Crippen LogP contribution in [0, 0.1) is 0 Å². The van der Waals surface area contributed by atoms with Gasteiger partial charge in [0.2, 0.25) is 5.89 Å². The molecule has 0 aliphatic carbocycles. The summed E-state index contributed by atoms with van der Waals surface area (Å²) in [5, 5.41) is 0.949. The van der Waals surface area contributed by atoms with Crippen molar-refractivity contribution in [2.45, 2.75) is 6.54 Å². The van der Waals surface area contributed by atoms with Gasteiger partial charge < -0.3 is 8.98 Å². The zero-order valence-electron chi connectivity index (χ0n) is 14.3. The lowest BCUT2D eigenvalue weighted by Gasteiger charge is -2.05. The number of hydrogen-bond donors (Lipinski definition) is 0. The van der Waals surface area contributed by atoms with Gasteiger partial charge in [-0.15, -0.1) is 0 Å². The topological polar surface area (TPSA) is 87.8 Å². The van der Waals surface area contributed by atoms with E-state index in [1.54, 1.807) is 29.8 Å². The minimum atomic E-state index is -0.431. The molecule has 4 aromatic rings. The lowest BCUT2D eigenvalue weighted by Crippen LogP contribution is -2.37. The van der Waals surface area contributed by atoms with Crippen molar-refractivity contribution in [3.05, 3.63) is 67.4 Å². The second-order valence-electron chi connectivity index (χ2n) is 6.05. The molecule has 0 amide bonds. The smallest absolute Gasteiger partial charge is 0.332 e. The van der Waals surface area contributed by atoms with E-state index in [4.69, 9.17) is 27.6 Å². The molecule has 1 aromatic carbocycles. The summed E-state index contributed by atoms with van der Waals surface area (Å²) in [6.07, 6.45) is 2.98. The molecule has 3 aromatic heterocycles. The third-order valence-corrected chi connectivity index (χ3v) is 4.65. The van der Waals surface area contributed by atoms with E-state index >= 15 is 0 Å². The number of hydrogen-bond acceptors (Lipinski definition) is 5. The van der Waals surface area contributed by atoms with Crippen LogP contribution in [-0.2, 0) is 20.6 Å². The molecule has 0 spiro atoms. The van der Waals surface area contributed by atoms with Gasteiger partial charge >= 0.3 is 5.69 Å². The summed E-state index contributed by atoms with van der Waals surface area (Å²) in [7, 11) is 3.00. The third-order valence-electron chi connectivity index (χ3n) is 4.21. The number of benzene rings is 1. The largest absolute Gasteiger partial charge is 0.444 e. The first-order chi connectivity index (χ1) is 12.8. The van der Waals surface area contributed by atoms with Crippen molar-refractivity contribution >= 4 is 34.4 Å². The van der Waals surface area contributed by atoms with Gasteiger partial charge in [0.05, 0.1) is 18.6 Å². The van der Waals surface area contributed by atoms with Crippen LogP contribution in [0.15, 0.2) is 44.8 Å². The molecule has 0 N–H and O–H groups in total. The summed E-state index contributed by atoms with van der Waals surface area (Å²) < 4.78 is 9.52. The van der Waals surface area contributed by atoms with Gasteiger partial charge in [-0.2, -0.15) is 0 Å². The van der Waals surface area contributed by atoms with Crippen molar-refractivity contribution in [3.8, 4) is 11.5 Å². The van der Waals surface area contributed by atoms with E-state index < -0.39 is 11.2 Å². The summed E-state index contributed by atoms with van der Waals surface area (Å²) in [4.78, 5) is 33.1. The average Bonchev–Trinajstić information content (AvgIpc) is 3.25. The van der Waals surface area contributed by atoms with Crippen LogP contribution in [0.4, 0.5) is 0 Å². The quantitative estimate of drug-likeness (QED) is 0.522. The number of nitrogens with zero attached hydrogens (tertiary/aromatic N) is 5. The highest BCUT2D eigenvalue weighted by atomic mass is 35.5. The molecule has 3 heterocycles. The summed E-state index contributed by atoms with van der Waals surface area (Å²) in [6.45, 7) is 0.252. The highest BCUT2D eigenvalue weighted by Crippen LogP contribution is 2.27. The first-order valence-corrected chi connectivity index (χ1v) is 8.62. The van der Waals surface area contributed by atoms with Crippen molar-refractivity contribution in [1.82, 2.24) is 23.7 Å². The molecule has 8 nitrogen and oxygen atoms in total. The summed E-state index contributed by atoms with van der Waals surface area (Å²) >= 11 is 12.0. The second kappa shape index (κ2) is 6.40. The van der Waals surface area contributed by atoms with Crippen molar-refractivity contribution in [2.24, 2.45) is 14.1 Å². The Kier molecular flexibility index (Phi) is 4.16. The molecular formula is C17H13Cl2N5O3. The van der Waals surface area contributed by atoms with Gasteiger partial charge in [-0.05, 0) is 18.2 Å². The van der Waals surface area contributed by atoms with Crippen LogP contribution in [0.2, 0.25) is 10.0 Å². The Morgan fingerprint density at radius 2 is 1.78 bits per heavy atom. The molecule has 0 saturated carbocycles. The molecule has 0 bridgehead atoms. The van der Waals surface area contributed by atoms with Crippen LogP contribution in [0.3, 0.4) is 0 Å². The summed E-state index contributed by atoms with van der Waals surface area (Å²) in [5.74, 6) is 0.360. The van der Waals surface area contributed by atoms with Crippen molar-refractivity contribution in [3.63, 3.8) is 0 Å². The van der Waals surface area contributed by atoms with Crippen LogP contribution >= 0.6 is 23.2 Å². The van der Waals surface area contributed by atoms with E-state index in [1.165, 1.54) is 24.2 Å². The van der Waals surface area contributed by atoms with E-state index in [1.807, 2.05) is 0 Å². The molecular weight excluding hydrogens is 393 g/mol. The van der Waals surface area contributed by atoms with Gasteiger partial charge in [-0.1, -0.05) is 23.2 Å². The lowest BCUT2D eigenvalue weighted by molar-refractivity contribution is 0.571. The SMILES string of the molecule is Cn1c(=O)c2c(ncn2Cc2coc(-c3cc(Cl)cc(Cl)c3)n2)n(C)c1=O. The molecule has 0 saturated heterocycles. The number of rotatable bonds is 3. The Labute approximate surface area is 162 Å². The van der Waals surface area contributed by atoms with Gasteiger partial charge in [-0.3, -0.25) is 13.9 Å². The molecule has 0 radical (unpaired) electrons. The van der Waals surface area contributed by atoms with Gasteiger partial charge in [0.25, 0.3) is 5.56 Å². The van der Waals surface area contributed by atoms with E-state index in [0.29, 0.717) is 38.4 Å². The maximum absolute atomic E-state index is 12.5. The fourth-order valence-corrected chi connectivity index (χ4v) is 3.41. The van der Waals surface area contributed by atoms with E-state index in [9.17, 15) is 9.59 Å². The Bertz CT molecular complexity index is 1280. The van der Waals surface area contributed by atoms with Gasteiger partial charge in [0, 0.05) is 29.7 Å². The van der Waals surface area contributed by atoms with Gasteiger partial charge in [-0.25, -0.2) is 14.8 Å². The molecule has 0 atom stereocenters. The van der Waals surface area contributed by atoms with Gasteiger partial charge in [0.15, 0.2) is 11.2 Å². The fraction of sp³-hybridized carbons (Fsp3) is 0.176. The first-order valence-electron chi connectivity index (χ1n) is 7.87. The summed E-state index contributed by atoms with van der Waals surface area (Å²) in [5.41, 5.74) is 1.00. The molecule has 0 unspecified atom stereocenters. The minimum absolute atomic E-state index is 0.252. The molecule has 27 heavy (non-hydrogen) atoms. The molecule has 0 fully saturated rings. The molecule has 138 valence electrons. The number of aromatic nitrogens is 5. The third kappa shape index (κ3) is 2.96. The number of oxazole rings is 1. The van der Waals surface area contributed by atoms with Crippen LogP contribution in [0.1, 0.15) is 5.69 Å². The predicted octanol–water partition coefficient (Wildman–Crippen LogP) is 2.44. The normalized spacial score (nSPS) is 11.4. The number of fused-ring (bicyclic) bond motifs is 1. The van der Waals surface area contributed by atoms with E-state index in [0.717, 1.165) is 4.57 Å². The maximum Gasteiger partial charge on any atom is 0.332 e. The highest BCUT2D eigenvalue weighted by Gasteiger charge is 2.16. The summed E-state index contributed by atoms with van der Waals surface area (Å²) in [6, 6.07) is 5.01. The number of imidazole rings is 1. The van der Waals surface area contributed by atoms with E-state index in [-0.39, 0.29) is 6.54 Å². The zero-order chi connectivity index (χ0) is 19.3. The van der Waals surface area contributed by atoms with Crippen molar-refractivity contribution in [1.29, 1.82) is 0 Å². The highest BCUT2D eigenvalue weighted by molar-refractivity contribution is 6.35. The Morgan fingerprint density at radius 3 is 2.48 bits per heavy atom. The first kappa shape index (κ1) is 17.6. The monoisotopic (exact) mass is 405 g/mol. The van der Waals surface area contributed by atoms with Crippen molar-refractivity contribution in [2.75, 3.05) is 0 Å². The lowest BCUT2D eigenvalue weighted by atomic mass is 10.2. The Balaban J connectivity index is 1.75. The fourth-order valence-electron chi connectivity index (χ4n) is 2.88. The molecule has 4 rings (SSSR count).